The van der Waals surface area contributed by atoms with Crippen molar-refractivity contribution in [3.05, 3.63) is 84.5 Å². The van der Waals surface area contributed by atoms with E-state index in [2.05, 4.69) is 24.7 Å². The van der Waals surface area contributed by atoms with Gasteiger partial charge in [-0.05, 0) is 57.5 Å². The lowest BCUT2D eigenvalue weighted by molar-refractivity contribution is 0.623. The molecule has 0 unspecified atom stereocenters. The van der Waals surface area contributed by atoms with E-state index < -0.39 is 0 Å². The third-order valence-electron chi connectivity index (χ3n) is 3.64. The summed E-state index contributed by atoms with van der Waals surface area (Å²) in [6, 6.07) is 6.73. The predicted molar refractivity (Wildman–Crippen MR) is 88.5 cm³/mol. The van der Waals surface area contributed by atoms with Crippen LogP contribution in [0.2, 0.25) is 0 Å². The van der Waals surface area contributed by atoms with E-state index in [1.165, 1.54) is 6.07 Å². The number of rotatable bonds is 5. The maximum Gasteiger partial charge on any atom is 0.123 e. The Labute approximate surface area is 125 Å². The molecule has 0 aliphatic carbocycles. The molecular formula is C19H20FN. The van der Waals surface area contributed by atoms with Crippen molar-refractivity contribution in [3.8, 4) is 0 Å². The van der Waals surface area contributed by atoms with Crippen LogP contribution < -0.4 is 0 Å². The molecule has 108 valence electrons. The SMILES string of the molecule is C=C(C(=C)c1cc[nH]c1)C(=C)c1ccc(F)cc1C(C)C. The van der Waals surface area contributed by atoms with Crippen molar-refractivity contribution in [2.45, 2.75) is 19.8 Å². The van der Waals surface area contributed by atoms with E-state index in [9.17, 15) is 4.39 Å². The lowest BCUT2D eigenvalue weighted by Crippen LogP contribution is -1.99. The fraction of sp³-hybridized carbons (Fsp3) is 0.158. The van der Waals surface area contributed by atoms with Crippen LogP contribution in [0.3, 0.4) is 0 Å². The summed E-state index contributed by atoms with van der Waals surface area (Å²) >= 11 is 0. The quantitative estimate of drug-likeness (QED) is 0.690. The Morgan fingerprint density at radius 3 is 2.38 bits per heavy atom. The van der Waals surface area contributed by atoms with Gasteiger partial charge in [-0.2, -0.15) is 0 Å². The first kappa shape index (κ1) is 15.0. The highest BCUT2D eigenvalue weighted by Crippen LogP contribution is 2.34. The summed E-state index contributed by atoms with van der Waals surface area (Å²) in [4.78, 5) is 3.00. The molecule has 0 amide bonds. The Hall–Kier alpha value is -2.35. The van der Waals surface area contributed by atoms with Crippen molar-refractivity contribution in [3.63, 3.8) is 0 Å². The molecule has 21 heavy (non-hydrogen) atoms. The van der Waals surface area contributed by atoms with Crippen molar-refractivity contribution in [1.29, 1.82) is 0 Å². The number of hydrogen-bond acceptors (Lipinski definition) is 0. The lowest BCUT2D eigenvalue weighted by Gasteiger charge is -2.17. The maximum atomic E-state index is 13.5. The Kier molecular flexibility index (Phi) is 4.27. The van der Waals surface area contributed by atoms with Crippen molar-refractivity contribution in [2.24, 2.45) is 0 Å². The summed E-state index contributed by atoms with van der Waals surface area (Å²) in [5, 5.41) is 0. The maximum absolute atomic E-state index is 13.5. The number of halogens is 1. The van der Waals surface area contributed by atoms with E-state index in [0.717, 1.165) is 33.4 Å². The second-order valence-corrected chi connectivity index (χ2v) is 5.42. The molecule has 2 heteroatoms. The summed E-state index contributed by atoms with van der Waals surface area (Å²) in [6.45, 7) is 16.4. The van der Waals surface area contributed by atoms with Gasteiger partial charge in [-0.1, -0.05) is 39.7 Å². The molecule has 0 aliphatic heterocycles. The Balaban J connectivity index is 2.36. The molecule has 1 aromatic heterocycles. The van der Waals surface area contributed by atoms with E-state index >= 15 is 0 Å². The Morgan fingerprint density at radius 2 is 1.81 bits per heavy atom. The van der Waals surface area contributed by atoms with Gasteiger partial charge in [0.1, 0.15) is 5.82 Å². The number of aromatic nitrogens is 1. The summed E-state index contributed by atoms with van der Waals surface area (Å²) in [5.74, 6) is -0.0221. The normalized spacial score (nSPS) is 10.7. The average molecular weight is 281 g/mol. The molecule has 0 saturated carbocycles. The molecule has 0 spiro atoms. The van der Waals surface area contributed by atoms with Crippen LogP contribution in [-0.2, 0) is 0 Å². The van der Waals surface area contributed by atoms with E-state index in [4.69, 9.17) is 0 Å². The number of aromatic amines is 1. The second-order valence-electron chi connectivity index (χ2n) is 5.42. The minimum absolute atomic E-state index is 0.209. The zero-order valence-electron chi connectivity index (χ0n) is 12.5. The zero-order valence-corrected chi connectivity index (χ0v) is 12.5. The molecule has 1 nitrogen and oxygen atoms in total. The van der Waals surface area contributed by atoms with Crippen LogP contribution in [0.4, 0.5) is 4.39 Å². The molecule has 1 heterocycles. The largest absolute Gasteiger partial charge is 0.367 e. The van der Waals surface area contributed by atoms with Gasteiger partial charge in [0, 0.05) is 12.4 Å². The Morgan fingerprint density at radius 1 is 1.10 bits per heavy atom. The summed E-state index contributed by atoms with van der Waals surface area (Å²) < 4.78 is 13.5. The van der Waals surface area contributed by atoms with Gasteiger partial charge >= 0.3 is 0 Å². The number of hydrogen-bond donors (Lipinski definition) is 1. The number of allylic oxidation sites excluding steroid dienone is 3. The van der Waals surface area contributed by atoms with Crippen LogP contribution in [0.25, 0.3) is 11.1 Å². The van der Waals surface area contributed by atoms with E-state index in [-0.39, 0.29) is 11.7 Å². The molecule has 1 aromatic carbocycles. The van der Waals surface area contributed by atoms with Gasteiger partial charge < -0.3 is 4.98 Å². The average Bonchev–Trinajstić information content (AvgIpc) is 2.99. The van der Waals surface area contributed by atoms with Crippen LogP contribution in [0.1, 0.15) is 36.5 Å². The van der Waals surface area contributed by atoms with Gasteiger partial charge in [0.05, 0.1) is 0 Å². The van der Waals surface area contributed by atoms with Gasteiger partial charge in [0.25, 0.3) is 0 Å². The first-order chi connectivity index (χ1) is 9.91. The second kappa shape index (κ2) is 5.96. The Bertz CT molecular complexity index is 690. The minimum atomic E-state index is -0.231. The zero-order chi connectivity index (χ0) is 15.6. The fourth-order valence-corrected chi connectivity index (χ4v) is 2.32. The van der Waals surface area contributed by atoms with Crippen molar-refractivity contribution in [2.75, 3.05) is 0 Å². The standard InChI is InChI=1S/C19H20FN/c1-12(2)19-10-17(20)6-7-18(19)15(5)13(3)14(4)16-8-9-21-11-16/h6-12,21H,3-5H2,1-2H3. The summed E-state index contributed by atoms with van der Waals surface area (Å²) in [5.41, 5.74) is 5.21. The number of nitrogens with one attached hydrogen (secondary N) is 1. The highest BCUT2D eigenvalue weighted by atomic mass is 19.1. The first-order valence-corrected chi connectivity index (χ1v) is 6.92. The van der Waals surface area contributed by atoms with Crippen LogP contribution in [0.15, 0.2) is 62.0 Å². The molecule has 0 fully saturated rings. The van der Waals surface area contributed by atoms with Gasteiger partial charge in [-0.25, -0.2) is 4.39 Å². The molecule has 0 aliphatic rings. The lowest BCUT2D eigenvalue weighted by atomic mass is 9.87. The van der Waals surface area contributed by atoms with E-state index in [1.54, 1.807) is 12.1 Å². The minimum Gasteiger partial charge on any atom is -0.367 e. The third kappa shape index (κ3) is 3.05. The van der Waals surface area contributed by atoms with Crippen molar-refractivity contribution < 1.29 is 4.39 Å². The smallest absolute Gasteiger partial charge is 0.123 e. The first-order valence-electron chi connectivity index (χ1n) is 6.92. The highest BCUT2D eigenvalue weighted by Gasteiger charge is 2.15. The summed E-state index contributed by atoms with van der Waals surface area (Å²) in [6.07, 6.45) is 3.71. The third-order valence-corrected chi connectivity index (χ3v) is 3.64. The van der Waals surface area contributed by atoms with Gasteiger partial charge in [0.2, 0.25) is 0 Å². The van der Waals surface area contributed by atoms with E-state index in [1.807, 2.05) is 32.3 Å². The number of H-pyrrole nitrogens is 1. The van der Waals surface area contributed by atoms with Crippen LogP contribution in [-0.4, -0.2) is 4.98 Å². The van der Waals surface area contributed by atoms with Crippen LogP contribution in [0.5, 0.6) is 0 Å². The fourth-order valence-electron chi connectivity index (χ4n) is 2.32. The van der Waals surface area contributed by atoms with Crippen molar-refractivity contribution >= 4 is 11.1 Å². The van der Waals surface area contributed by atoms with Crippen LogP contribution in [0, 0.1) is 5.82 Å². The molecule has 0 atom stereocenters. The molecule has 0 bridgehead atoms. The monoisotopic (exact) mass is 281 g/mol. The van der Waals surface area contributed by atoms with Crippen LogP contribution >= 0.6 is 0 Å². The molecule has 0 radical (unpaired) electrons. The van der Waals surface area contributed by atoms with Gasteiger partial charge in [-0.15, -0.1) is 0 Å². The predicted octanol–water partition coefficient (Wildman–Crippen LogP) is 5.56. The molecule has 1 N–H and O–H groups in total. The molecule has 2 rings (SSSR count). The van der Waals surface area contributed by atoms with Gasteiger partial charge in [0.15, 0.2) is 0 Å². The van der Waals surface area contributed by atoms with E-state index in [0.29, 0.717) is 0 Å². The molecular weight excluding hydrogens is 261 g/mol. The summed E-state index contributed by atoms with van der Waals surface area (Å²) in [7, 11) is 0. The highest BCUT2D eigenvalue weighted by molar-refractivity contribution is 5.96. The topological polar surface area (TPSA) is 15.8 Å². The van der Waals surface area contributed by atoms with Crippen molar-refractivity contribution in [1.82, 2.24) is 4.98 Å². The molecule has 2 aromatic rings. The molecule has 0 saturated heterocycles. The number of benzene rings is 1. The van der Waals surface area contributed by atoms with Gasteiger partial charge in [-0.3, -0.25) is 0 Å².